The molecule has 0 fully saturated rings. The molecule has 1 aliphatic rings. The number of ether oxygens (including phenoxy) is 4. The maximum atomic E-state index is 14.2. The van der Waals surface area contributed by atoms with Gasteiger partial charge in [-0.1, -0.05) is 65.9 Å². The Labute approximate surface area is 296 Å². The Hall–Kier alpha value is -4.93. The first kappa shape index (κ1) is 34.0. The van der Waals surface area contributed by atoms with Gasteiger partial charge in [0.2, 0.25) is 0 Å². The molecule has 4 aromatic carbocycles. The van der Waals surface area contributed by atoms with Gasteiger partial charge in [-0.05, 0) is 108 Å². The van der Waals surface area contributed by atoms with Crippen LogP contribution in [0.5, 0.6) is 23.0 Å². The van der Waals surface area contributed by atoms with Crippen LogP contribution in [0.1, 0.15) is 42.1 Å². The molecular weight excluding hydrogens is 704 g/mol. The summed E-state index contributed by atoms with van der Waals surface area (Å²) in [6.07, 6.45) is 1.80. The zero-order valence-corrected chi connectivity index (χ0v) is 30.0. The lowest BCUT2D eigenvalue weighted by Gasteiger charge is -2.24. The fourth-order valence-corrected chi connectivity index (χ4v) is 7.14. The number of nitrogens with zero attached hydrogens (tertiary/aromatic N) is 2. The average molecular weight is 740 g/mol. The highest BCUT2D eigenvalue weighted by Crippen LogP contribution is 2.37. The van der Waals surface area contributed by atoms with Crippen LogP contribution < -0.4 is 33.8 Å². The number of thiazole rings is 1. The monoisotopic (exact) mass is 738 g/mol. The maximum absolute atomic E-state index is 14.2. The van der Waals surface area contributed by atoms with Gasteiger partial charge >= 0.3 is 5.97 Å². The number of carbonyl (C=O) groups excluding carboxylic acids is 1. The molecule has 2 heterocycles. The highest BCUT2D eigenvalue weighted by atomic mass is 79.9. The van der Waals surface area contributed by atoms with Gasteiger partial charge in [0.05, 0.1) is 32.9 Å². The first-order chi connectivity index (χ1) is 23.7. The number of fused-ring (bicyclic) bond motifs is 1. The van der Waals surface area contributed by atoms with Crippen LogP contribution in [-0.4, -0.2) is 30.4 Å². The van der Waals surface area contributed by atoms with Crippen LogP contribution in [0.3, 0.4) is 0 Å². The Morgan fingerprint density at radius 3 is 2.31 bits per heavy atom. The second kappa shape index (κ2) is 15.1. The summed E-state index contributed by atoms with van der Waals surface area (Å²) in [4.78, 5) is 33.0. The molecule has 1 atom stereocenters. The van der Waals surface area contributed by atoms with Gasteiger partial charge in [-0.25, -0.2) is 9.79 Å². The quantitative estimate of drug-likeness (QED) is 0.0818. The molecule has 5 aromatic rings. The van der Waals surface area contributed by atoms with Crippen molar-refractivity contribution >= 4 is 39.3 Å². The number of benzene rings is 4. The molecule has 0 aliphatic carbocycles. The molecule has 0 N–H and O–H groups in total. The van der Waals surface area contributed by atoms with E-state index in [2.05, 4.69) is 29.8 Å². The molecule has 1 aliphatic heterocycles. The predicted molar refractivity (Wildman–Crippen MR) is 195 cm³/mol. The van der Waals surface area contributed by atoms with Crippen LogP contribution in [0, 0.1) is 13.8 Å². The minimum Gasteiger partial charge on any atom is -0.490 e. The Kier molecular flexibility index (Phi) is 10.5. The SMILES string of the molecule is CCOc1cc(/C=c2\sc3n(c2=O)[C@H](c2ccccc2)C(C(=O)Oc2ccccc2)=C(C)N=3)cc(Br)c1OCCOc1ccc(C)c(C)c1. The molecule has 1 aromatic heterocycles. The van der Waals surface area contributed by atoms with E-state index in [1.165, 1.54) is 22.5 Å². The van der Waals surface area contributed by atoms with Crippen molar-refractivity contribution in [1.82, 2.24) is 4.57 Å². The van der Waals surface area contributed by atoms with Crippen LogP contribution in [0.15, 0.2) is 117 Å². The van der Waals surface area contributed by atoms with E-state index in [1.807, 2.05) is 73.7 Å². The number of halogens is 1. The van der Waals surface area contributed by atoms with Gasteiger partial charge in [0, 0.05) is 0 Å². The molecule has 49 heavy (non-hydrogen) atoms. The number of aryl methyl sites for hydroxylation is 2. The van der Waals surface area contributed by atoms with E-state index in [0.717, 1.165) is 16.9 Å². The number of hydrogen-bond donors (Lipinski definition) is 0. The predicted octanol–water partition coefficient (Wildman–Crippen LogP) is 7.08. The third-order valence-electron chi connectivity index (χ3n) is 8.02. The minimum atomic E-state index is -0.719. The summed E-state index contributed by atoms with van der Waals surface area (Å²) in [5.74, 6) is 1.72. The number of allylic oxidation sites excluding steroid dienone is 1. The molecule has 8 nitrogen and oxygen atoms in total. The molecule has 250 valence electrons. The van der Waals surface area contributed by atoms with Gasteiger partial charge in [-0.2, -0.15) is 0 Å². The summed E-state index contributed by atoms with van der Waals surface area (Å²) in [5.41, 5.74) is 4.41. The highest BCUT2D eigenvalue weighted by molar-refractivity contribution is 9.10. The van der Waals surface area contributed by atoms with Crippen molar-refractivity contribution in [3.63, 3.8) is 0 Å². The van der Waals surface area contributed by atoms with Gasteiger partial charge in [-0.3, -0.25) is 9.36 Å². The molecule has 0 saturated carbocycles. The van der Waals surface area contributed by atoms with Crippen molar-refractivity contribution in [2.24, 2.45) is 4.99 Å². The summed E-state index contributed by atoms with van der Waals surface area (Å²) in [6, 6.07) is 27.3. The second-order valence-corrected chi connectivity index (χ2v) is 13.3. The molecular formula is C39H35BrN2O6S. The zero-order valence-electron chi connectivity index (χ0n) is 27.6. The Morgan fingerprint density at radius 1 is 0.878 bits per heavy atom. The summed E-state index contributed by atoms with van der Waals surface area (Å²) in [6.45, 7) is 8.87. The standard InChI is InChI=1S/C39H35BrN2O6S/c1-5-45-32-22-27(21-31(40)36(32)47-19-18-46-30-17-16-24(2)25(3)20-30)23-33-37(43)42-35(28-12-8-6-9-13-28)34(26(4)41-39(42)49-33)38(44)48-29-14-10-7-11-15-29/h6-17,20-23,35H,5,18-19H2,1-4H3/b33-23-/t35-/m1/s1. The largest absolute Gasteiger partial charge is 0.490 e. The Balaban J connectivity index is 1.31. The third kappa shape index (κ3) is 7.55. The molecule has 0 bridgehead atoms. The maximum Gasteiger partial charge on any atom is 0.343 e. The van der Waals surface area contributed by atoms with Crippen molar-refractivity contribution in [2.45, 2.75) is 33.7 Å². The molecule has 6 rings (SSSR count). The molecule has 0 amide bonds. The van der Waals surface area contributed by atoms with Gasteiger partial charge < -0.3 is 18.9 Å². The lowest BCUT2D eigenvalue weighted by Crippen LogP contribution is -2.40. The average Bonchev–Trinajstić information content (AvgIpc) is 3.39. The molecule has 0 radical (unpaired) electrons. The van der Waals surface area contributed by atoms with E-state index in [1.54, 1.807) is 41.8 Å². The first-order valence-electron chi connectivity index (χ1n) is 15.9. The first-order valence-corrected chi connectivity index (χ1v) is 17.5. The zero-order chi connectivity index (χ0) is 34.5. The van der Waals surface area contributed by atoms with Crippen LogP contribution in [0.2, 0.25) is 0 Å². The van der Waals surface area contributed by atoms with E-state index >= 15 is 0 Å². The Bertz CT molecular complexity index is 2210. The van der Waals surface area contributed by atoms with Crippen LogP contribution in [0.4, 0.5) is 0 Å². The second-order valence-electron chi connectivity index (χ2n) is 11.4. The van der Waals surface area contributed by atoms with Crippen molar-refractivity contribution in [3.8, 4) is 23.0 Å². The topological polar surface area (TPSA) is 88.4 Å². The van der Waals surface area contributed by atoms with Crippen molar-refractivity contribution in [2.75, 3.05) is 19.8 Å². The van der Waals surface area contributed by atoms with Gasteiger partial charge in [0.1, 0.15) is 24.7 Å². The summed E-state index contributed by atoms with van der Waals surface area (Å²) in [5, 5.41) is 0. The lowest BCUT2D eigenvalue weighted by atomic mass is 9.96. The van der Waals surface area contributed by atoms with E-state index in [4.69, 9.17) is 23.9 Å². The minimum absolute atomic E-state index is 0.270. The summed E-state index contributed by atoms with van der Waals surface area (Å²) >= 11 is 4.91. The lowest BCUT2D eigenvalue weighted by molar-refractivity contribution is -0.130. The number of esters is 1. The molecule has 0 unspecified atom stereocenters. The van der Waals surface area contributed by atoms with E-state index in [-0.39, 0.29) is 5.56 Å². The molecule has 0 saturated heterocycles. The number of aromatic nitrogens is 1. The van der Waals surface area contributed by atoms with Crippen molar-refractivity contribution in [1.29, 1.82) is 0 Å². The molecule has 10 heteroatoms. The van der Waals surface area contributed by atoms with Gasteiger partial charge in [0.15, 0.2) is 16.3 Å². The smallest absolute Gasteiger partial charge is 0.343 e. The summed E-state index contributed by atoms with van der Waals surface area (Å²) < 4.78 is 26.4. The summed E-state index contributed by atoms with van der Waals surface area (Å²) in [7, 11) is 0. The van der Waals surface area contributed by atoms with Crippen LogP contribution >= 0.6 is 27.3 Å². The molecule has 0 spiro atoms. The number of para-hydroxylation sites is 1. The van der Waals surface area contributed by atoms with Crippen molar-refractivity contribution < 1.29 is 23.7 Å². The van der Waals surface area contributed by atoms with Crippen LogP contribution in [0.25, 0.3) is 6.08 Å². The van der Waals surface area contributed by atoms with Gasteiger partial charge in [0.25, 0.3) is 5.56 Å². The van der Waals surface area contributed by atoms with E-state index < -0.39 is 12.0 Å². The third-order valence-corrected chi connectivity index (χ3v) is 9.59. The Morgan fingerprint density at radius 2 is 1.59 bits per heavy atom. The van der Waals surface area contributed by atoms with E-state index in [9.17, 15) is 9.59 Å². The van der Waals surface area contributed by atoms with Crippen molar-refractivity contribution in [3.05, 3.63) is 149 Å². The number of carbonyl (C=O) groups is 1. The number of hydrogen-bond acceptors (Lipinski definition) is 8. The number of rotatable bonds is 11. The fraction of sp³-hybridized carbons (Fsp3) is 0.205. The normalized spacial score (nSPS) is 14.2. The van der Waals surface area contributed by atoms with E-state index in [0.29, 0.717) is 62.1 Å². The van der Waals surface area contributed by atoms with Gasteiger partial charge in [-0.15, -0.1) is 0 Å². The van der Waals surface area contributed by atoms with Crippen LogP contribution in [-0.2, 0) is 4.79 Å². The fourth-order valence-electron chi connectivity index (χ4n) is 5.52. The highest BCUT2D eigenvalue weighted by Gasteiger charge is 2.33.